The van der Waals surface area contributed by atoms with Crippen LogP contribution in [0.25, 0.3) is 11.0 Å². The summed E-state index contributed by atoms with van der Waals surface area (Å²) in [7, 11) is 0. The van der Waals surface area contributed by atoms with E-state index in [0.717, 1.165) is 30.3 Å². The first kappa shape index (κ1) is 16.6. The number of hydrogen-bond acceptors (Lipinski definition) is 4. The Morgan fingerprint density at radius 3 is 2.28 bits per heavy atom. The second kappa shape index (κ2) is 6.00. The van der Waals surface area contributed by atoms with Crippen molar-refractivity contribution in [3.8, 4) is 0 Å². The van der Waals surface area contributed by atoms with Crippen molar-refractivity contribution in [1.29, 1.82) is 0 Å². The zero-order valence-electron chi connectivity index (χ0n) is 12.3. The van der Waals surface area contributed by atoms with Crippen LogP contribution in [0.4, 0.5) is 29.1 Å². The highest BCUT2D eigenvalue weighted by atomic mass is 19.4. The minimum atomic E-state index is -4.58. The third-order valence-electron chi connectivity index (χ3n) is 3.30. The lowest BCUT2D eigenvalue weighted by atomic mass is 10.2. The molecule has 0 fully saturated rings. The van der Waals surface area contributed by atoms with Gasteiger partial charge in [0.1, 0.15) is 5.82 Å². The molecule has 0 bridgehead atoms. The molecular formula is C16H9F4N3O2. The van der Waals surface area contributed by atoms with Crippen molar-refractivity contribution in [3.63, 3.8) is 0 Å². The van der Waals surface area contributed by atoms with E-state index in [1.54, 1.807) is 0 Å². The second-order valence-corrected chi connectivity index (χ2v) is 5.06. The number of halogens is 4. The van der Waals surface area contributed by atoms with Gasteiger partial charge in [0.2, 0.25) is 0 Å². The van der Waals surface area contributed by atoms with Crippen molar-refractivity contribution in [3.05, 3.63) is 59.5 Å². The molecule has 1 aromatic heterocycles. The van der Waals surface area contributed by atoms with Gasteiger partial charge in [0.15, 0.2) is 11.5 Å². The topological polar surface area (TPSA) is 75.1 Å². The molecule has 0 amide bonds. The molecule has 0 unspecified atom stereocenters. The number of rotatable bonds is 3. The molecule has 0 saturated carbocycles. The van der Waals surface area contributed by atoms with E-state index in [9.17, 15) is 27.5 Å². The van der Waals surface area contributed by atoms with Gasteiger partial charge < -0.3 is 10.4 Å². The van der Waals surface area contributed by atoms with Crippen LogP contribution in [0.5, 0.6) is 0 Å². The molecule has 1 heterocycles. The standard InChI is InChI=1S/C16H9F4N3O2/c17-9-2-4-10(5-3-9)21-14-13(15(24)25)22-12-7-8(16(18,19)20)1-6-11(12)23-14/h1-7H,(H,21,23)(H,24,25). The van der Waals surface area contributed by atoms with Crippen LogP contribution in [0, 0.1) is 5.82 Å². The number of aromatic nitrogens is 2. The van der Waals surface area contributed by atoms with E-state index < -0.39 is 29.2 Å². The molecule has 0 atom stereocenters. The molecule has 5 nitrogen and oxygen atoms in total. The van der Waals surface area contributed by atoms with Crippen molar-refractivity contribution < 1.29 is 27.5 Å². The number of carbonyl (C=O) groups is 1. The highest BCUT2D eigenvalue weighted by molar-refractivity contribution is 5.94. The van der Waals surface area contributed by atoms with E-state index in [-0.39, 0.29) is 16.9 Å². The van der Waals surface area contributed by atoms with Crippen molar-refractivity contribution in [1.82, 2.24) is 9.97 Å². The van der Waals surface area contributed by atoms with Crippen molar-refractivity contribution >= 4 is 28.5 Å². The SMILES string of the molecule is O=C(O)c1nc2cc(C(F)(F)F)ccc2nc1Nc1ccc(F)cc1. The largest absolute Gasteiger partial charge is 0.476 e. The van der Waals surface area contributed by atoms with Crippen molar-refractivity contribution in [2.24, 2.45) is 0 Å². The smallest absolute Gasteiger partial charge is 0.416 e. The Kier molecular flexibility index (Phi) is 3.99. The maximum atomic E-state index is 12.9. The number of carboxylic acids is 1. The van der Waals surface area contributed by atoms with Gasteiger partial charge in [-0.15, -0.1) is 0 Å². The molecule has 0 radical (unpaired) electrons. The Morgan fingerprint density at radius 1 is 1.00 bits per heavy atom. The summed E-state index contributed by atoms with van der Waals surface area (Å²) in [6, 6.07) is 7.71. The molecule has 0 aliphatic heterocycles. The first-order valence-corrected chi connectivity index (χ1v) is 6.89. The average molecular weight is 351 g/mol. The van der Waals surface area contributed by atoms with E-state index in [1.165, 1.54) is 12.1 Å². The number of anilines is 2. The van der Waals surface area contributed by atoms with Gasteiger partial charge in [0.05, 0.1) is 16.6 Å². The fourth-order valence-corrected chi connectivity index (χ4v) is 2.14. The van der Waals surface area contributed by atoms with Gasteiger partial charge in [-0.1, -0.05) is 0 Å². The molecule has 128 valence electrons. The minimum absolute atomic E-state index is 0.0858. The van der Waals surface area contributed by atoms with E-state index in [1.807, 2.05) is 0 Å². The number of aromatic carboxylic acids is 1. The number of nitrogens with one attached hydrogen (secondary N) is 1. The summed E-state index contributed by atoms with van der Waals surface area (Å²) < 4.78 is 51.2. The number of carboxylic acid groups (broad SMARTS) is 1. The summed E-state index contributed by atoms with van der Waals surface area (Å²) in [6.45, 7) is 0. The number of alkyl halides is 3. The lowest BCUT2D eigenvalue weighted by Crippen LogP contribution is -2.10. The van der Waals surface area contributed by atoms with E-state index in [2.05, 4.69) is 15.3 Å². The van der Waals surface area contributed by atoms with Crippen LogP contribution >= 0.6 is 0 Å². The lowest BCUT2D eigenvalue weighted by Gasteiger charge is -2.11. The highest BCUT2D eigenvalue weighted by Gasteiger charge is 2.31. The van der Waals surface area contributed by atoms with Crippen LogP contribution in [-0.2, 0) is 6.18 Å². The molecule has 3 aromatic rings. The Morgan fingerprint density at radius 2 is 1.68 bits per heavy atom. The molecule has 0 saturated heterocycles. The molecule has 25 heavy (non-hydrogen) atoms. The molecule has 0 aliphatic carbocycles. The van der Waals surface area contributed by atoms with Gasteiger partial charge in [-0.3, -0.25) is 0 Å². The fourth-order valence-electron chi connectivity index (χ4n) is 2.14. The zero-order chi connectivity index (χ0) is 18.2. The fraction of sp³-hybridized carbons (Fsp3) is 0.0625. The molecule has 2 N–H and O–H groups in total. The predicted octanol–water partition coefficient (Wildman–Crippen LogP) is 4.23. The van der Waals surface area contributed by atoms with Crippen LogP contribution in [0.2, 0.25) is 0 Å². The van der Waals surface area contributed by atoms with Gasteiger partial charge in [-0.05, 0) is 42.5 Å². The third-order valence-corrected chi connectivity index (χ3v) is 3.30. The van der Waals surface area contributed by atoms with Crippen LogP contribution in [-0.4, -0.2) is 21.0 Å². The Labute approximate surface area is 138 Å². The summed E-state index contributed by atoms with van der Waals surface area (Å²) in [6.07, 6.45) is -4.58. The third kappa shape index (κ3) is 3.49. The maximum absolute atomic E-state index is 12.9. The van der Waals surface area contributed by atoms with Gasteiger partial charge >= 0.3 is 12.1 Å². The monoisotopic (exact) mass is 351 g/mol. The number of nitrogens with zero attached hydrogens (tertiary/aromatic N) is 2. The Balaban J connectivity index is 2.10. The normalized spacial score (nSPS) is 11.5. The van der Waals surface area contributed by atoms with Crippen LogP contribution in [0.15, 0.2) is 42.5 Å². The molecule has 2 aromatic carbocycles. The van der Waals surface area contributed by atoms with Gasteiger partial charge in [0, 0.05) is 5.69 Å². The molecule has 9 heteroatoms. The number of hydrogen-bond donors (Lipinski definition) is 2. The summed E-state index contributed by atoms with van der Waals surface area (Å²) in [5.74, 6) is -2.10. The van der Waals surface area contributed by atoms with Gasteiger partial charge in [-0.2, -0.15) is 13.2 Å². The predicted molar refractivity (Wildman–Crippen MR) is 81.2 cm³/mol. The van der Waals surface area contributed by atoms with E-state index >= 15 is 0 Å². The average Bonchev–Trinajstić information content (AvgIpc) is 2.55. The maximum Gasteiger partial charge on any atom is 0.416 e. The quantitative estimate of drug-likeness (QED) is 0.691. The number of benzene rings is 2. The van der Waals surface area contributed by atoms with E-state index in [0.29, 0.717) is 5.69 Å². The Bertz CT molecular complexity index is 956. The molecule has 3 rings (SSSR count). The van der Waals surface area contributed by atoms with Crippen LogP contribution in [0.3, 0.4) is 0 Å². The first-order chi connectivity index (χ1) is 11.7. The second-order valence-electron chi connectivity index (χ2n) is 5.06. The summed E-state index contributed by atoms with van der Waals surface area (Å²) in [5.41, 5.74) is -1.26. The van der Waals surface area contributed by atoms with Crippen molar-refractivity contribution in [2.75, 3.05) is 5.32 Å². The lowest BCUT2D eigenvalue weighted by molar-refractivity contribution is -0.137. The van der Waals surface area contributed by atoms with Crippen molar-refractivity contribution in [2.45, 2.75) is 6.18 Å². The Hall–Kier alpha value is -3.23. The molecular weight excluding hydrogens is 342 g/mol. The molecule has 0 aliphatic rings. The molecule has 0 spiro atoms. The van der Waals surface area contributed by atoms with Gasteiger partial charge in [0.25, 0.3) is 0 Å². The van der Waals surface area contributed by atoms with Crippen LogP contribution < -0.4 is 5.32 Å². The summed E-state index contributed by atoms with van der Waals surface area (Å²) >= 11 is 0. The number of fused-ring (bicyclic) bond motifs is 1. The minimum Gasteiger partial charge on any atom is -0.476 e. The zero-order valence-corrected chi connectivity index (χ0v) is 12.3. The van der Waals surface area contributed by atoms with E-state index in [4.69, 9.17) is 0 Å². The summed E-state index contributed by atoms with van der Waals surface area (Å²) in [4.78, 5) is 19.2. The highest BCUT2D eigenvalue weighted by Crippen LogP contribution is 2.31. The first-order valence-electron chi connectivity index (χ1n) is 6.89. The van der Waals surface area contributed by atoms with Gasteiger partial charge in [-0.25, -0.2) is 19.2 Å². The van der Waals surface area contributed by atoms with Crippen LogP contribution in [0.1, 0.15) is 16.1 Å². The summed E-state index contributed by atoms with van der Waals surface area (Å²) in [5, 5.41) is 11.9.